The molecule has 6 rings (SSSR count). The van der Waals surface area contributed by atoms with E-state index in [-0.39, 0.29) is 12.4 Å². The highest BCUT2D eigenvalue weighted by molar-refractivity contribution is 6.06. The molecule has 222 valence electrons. The van der Waals surface area contributed by atoms with Gasteiger partial charge < -0.3 is 53.6 Å². The number of fused-ring (bicyclic) bond motifs is 6. The van der Waals surface area contributed by atoms with E-state index in [1.165, 1.54) is 14.2 Å². The lowest BCUT2D eigenvalue weighted by molar-refractivity contribution is -0.329. The monoisotopic (exact) mass is 574 g/mol. The Morgan fingerprint density at radius 2 is 1.71 bits per heavy atom. The van der Waals surface area contributed by atoms with Crippen molar-refractivity contribution in [2.24, 2.45) is 0 Å². The van der Waals surface area contributed by atoms with Crippen molar-refractivity contribution in [3.05, 3.63) is 41.0 Å². The second kappa shape index (κ2) is 10.3. The molecule has 4 aliphatic rings. The number of Topliss-reactive ketones (excluding diaryl/α,β-unsaturated/α-hetero) is 1. The van der Waals surface area contributed by atoms with E-state index in [0.717, 1.165) is 0 Å². The third-order valence-corrected chi connectivity index (χ3v) is 8.36. The minimum Gasteiger partial charge on any atom is -0.493 e. The minimum absolute atomic E-state index is 0.101. The van der Waals surface area contributed by atoms with Crippen molar-refractivity contribution in [1.29, 1.82) is 0 Å². The molecular weight excluding hydrogens is 540 g/mol. The summed E-state index contributed by atoms with van der Waals surface area (Å²) in [5.74, 6) is 1.82. The summed E-state index contributed by atoms with van der Waals surface area (Å²) in [5, 5.41) is 40.2. The van der Waals surface area contributed by atoms with Gasteiger partial charge in [0.2, 0.25) is 0 Å². The first kappa shape index (κ1) is 28.0. The Bertz CT molecular complexity index is 1340. The fourth-order valence-corrected chi connectivity index (χ4v) is 5.99. The van der Waals surface area contributed by atoms with Gasteiger partial charge >= 0.3 is 0 Å². The van der Waals surface area contributed by atoms with E-state index in [1.54, 1.807) is 38.1 Å². The maximum absolute atomic E-state index is 13.9. The fourth-order valence-electron chi connectivity index (χ4n) is 5.99. The fraction of sp³-hybridized carbons (Fsp3) is 0.552. The van der Waals surface area contributed by atoms with Crippen LogP contribution >= 0.6 is 0 Å². The molecule has 0 amide bonds. The zero-order chi connectivity index (χ0) is 29.2. The van der Waals surface area contributed by atoms with Crippen LogP contribution in [0.2, 0.25) is 0 Å². The number of carbonyl (C=O) groups excluding carboxylic acids is 1. The molecule has 1 saturated heterocycles. The van der Waals surface area contributed by atoms with Crippen LogP contribution in [-0.2, 0) is 15.9 Å². The molecule has 4 N–H and O–H groups in total. The molecule has 0 spiro atoms. The number of hydrogen-bond acceptors (Lipinski definition) is 12. The lowest BCUT2D eigenvalue weighted by Crippen LogP contribution is -2.61. The van der Waals surface area contributed by atoms with Crippen molar-refractivity contribution in [2.75, 3.05) is 27.4 Å². The van der Waals surface area contributed by atoms with Crippen LogP contribution in [0.5, 0.6) is 28.7 Å². The van der Waals surface area contributed by atoms with Crippen LogP contribution in [0.3, 0.4) is 0 Å². The maximum Gasteiger partial charge on any atom is 0.187 e. The Morgan fingerprint density at radius 1 is 0.976 bits per heavy atom. The van der Waals surface area contributed by atoms with E-state index in [2.05, 4.69) is 0 Å². The summed E-state index contributed by atoms with van der Waals surface area (Å²) < 4.78 is 41.0. The Labute approximate surface area is 236 Å². The van der Waals surface area contributed by atoms with Gasteiger partial charge in [0.1, 0.15) is 66.1 Å². The molecule has 0 radical (unpaired) electrons. The van der Waals surface area contributed by atoms with Crippen molar-refractivity contribution >= 4 is 5.78 Å². The van der Waals surface area contributed by atoms with Crippen LogP contribution in [0.15, 0.2) is 24.3 Å². The number of benzene rings is 2. The second-order valence-electron chi connectivity index (χ2n) is 11.2. The number of rotatable bonds is 6. The number of methoxy groups -OCH3 is 2. The van der Waals surface area contributed by atoms with Gasteiger partial charge in [-0.05, 0) is 32.0 Å². The van der Waals surface area contributed by atoms with Crippen molar-refractivity contribution in [3.8, 4) is 28.7 Å². The van der Waals surface area contributed by atoms with Crippen molar-refractivity contribution in [1.82, 2.24) is 0 Å². The Kier molecular flexibility index (Phi) is 7.04. The zero-order valence-corrected chi connectivity index (χ0v) is 23.1. The Morgan fingerprint density at radius 3 is 2.41 bits per heavy atom. The van der Waals surface area contributed by atoms with Crippen LogP contribution in [-0.4, -0.2) is 102 Å². The third-order valence-electron chi connectivity index (χ3n) is 8.36. The van der Waals surface area contributed by atoms with Gasteiger partial charge in [0.05, 0.1) is 32.3 Å². The minimum atomic E-state index is -1.56. The summed E-state index contributed by atoms with van der Waals surface area (Å²) in [6.45, 7) is 3.09. The van der Waals surface area contributed by atoms with Gasteiger partial charge in [0, 0.05) is 23.6 Å². The molecule has 1 fully saturated rings. The van der Waals surface area contributed by atoms with Crippen LogP contribution in [0.25, 0.3) is 0 Å². The molecule has 8 atom stereocenters. The summed E-state index contributed by atoms with van der Waals surface area (Å²) in [6.07, 6.45) is -7.84. The molecule has 12 nitrogen and oxygen atoms in total. The second-order valence-corrected chi connectivity index (χ2v) is 11.2. The van der Waals surface area contributed by atoms with Crippen LogP contribution in [0.4, 0.5) is 0 Å². The van der Waals surface area contributed by atoms with Gasteiger partial charge in [-0.2, -0.15) is 0 Å². The van der Waals surface area contributed by atoms with Gasteiger partial charge in [0.15, 0.2) is 23.6 Å². The number of ketones is 1. The first-order valence-corrected chi connectivity index (χ1v) is 13.5. The van der Waals surface area contributed by atoms with Crippen LogP contribution in [0.1, 0.15) is 41.3 Å². The zero-order valence-electron chi connectivity index (χ0n) is 23.1. The lowest BCUT2D eigenvalue weighted by Gasteiger charge is -2.43. The van der Waals surface area contributed by atoms with Gasteiger partial charge in [0.25, 0.3) is 0 Å². The maximum atomic E-state index is 13.9. The molecule has 0 unspecified atom stereocenters. The molecule has 41 heavy (non-hydrogen) atoms. The van der Waals surface area contributed by atoms with E-state index in [1.807, 2.05) is 0 Å². The quantitative estimate of drug-likeness (QED) is 0.383. The van der Waals surface area contributed by atoms with E-state index >= 15 is 0 Å². The molecule has 4 aliphatic heterocycles. The van der Waals surface area contributed by atoms with Gasteiger partial charge in [-0.25, -0.2) is 0 Å². The van der Waals surface area contributed by atoms with E-state index in [4.69, 9.17) is 33.2 Å². The molecule has 0 aromatic heterocycles. The molecule has 4 heterocycles. The highest BCUT2D eigenvalue weighted by Gasteiger charge is 2.50. The Hall–Kier alpha value is -3.13. The predicted molar refractivity (Wildman–Crippen MR) is 140 cm³/mol. The number of carbonyl (C=O) groups is 1. The summed E-state index contributed by atoms with van der Waals surface area (Å²) in [4.78, 5) is 13.9. The predicted octanol–water partition coefficient (Wildman–Crippen LogP) is 0.722. The average molecular weight is 575 g/mol. The number of ether oxygens (including phenoxy) is 7. The largest absolute Gasteiger partial charge is 0.493 e. The summed E-state index contributed by atoms with van der Waals surface area (Å²) >= 11 is 0. The average Bonchev–Trinajstić information content (AvgIpc) is 3.42. The van der Waals surface area contributed by atoms with Crippen LogP contribution < -0.4 is 23.7 Å². The molecular formula is C29H34O12. The Balaban J connectivity index is 1.25. The molecule has 0 bridgehead atoms. The number of aliphatic hydroxyl groups is 4. The van der Waals surface area contributed by atoms with Crippen molar-refractivity contribution < 1.29 is 58.4 Å². The molecule has 2 aromatic carbocycles. The first-order valence-electron chi connectivity index (χ1n) is 13.5. The lowest BCUT2D eigenvalue weighted by atomic mass is 9.81. The summed E-state index contributed by atoms with van der Waals surface area (Å²) in [7, 11) is 3.06. The first-order chi connectivity index (χ1) is 19.6. The van der Waals surface area contributed by atoms with Crippen LogP contribution in [0, 0.1) is 0 Å². The van der Waals surface area contributed by atoms with Crippen molar-refractivity contribution in [3.63, 3.8) is 0 Å². The normalized spacial score (nSPS) is 32.0. The molecule has 0 saturated carbocycles. The number of aliphatic hydroxyl groups excluding tert-OH is 4. The molecule has 0 aliphatic carbocycles. The van der Waals surface area contributed by atoms with Gasteiger partial charge in [-0.1, -0.05) is 0 Å². The summed E-state index contributed by atoms with van der Waals surface area (Å²) in [5.41, 5.74) is 0.745. The molecule has 12 heteroatoms. The van der Waals surface area contributed by atoms with E-state index in [0.29, 0.717) is 51.9 Å². The number of hydrogen-bond donors (Lipinski definition) is 4. The van der Waals surface area contributed by atoms with Gasteiger partial charge in [-0.3, -0.25) is 4.79 Å². The highest BCUT2D eigenvalue weighted by Crippen LogP contribution is 2.50. The molecule has 2 aromatic rings. The van der Waals surface area contributed by atoms with E-state index in [9.17, 15) is 25.2 Å². The standard InChI is InChI=1S/C29H34O12/c1-29(2,41-28-26(34)25(33)24(32)19(10-30)40-28)21-8-14-15(38-21)6-5-12-23(31)22-13-7-17(35-3)18(36-4)9-16(13)37-11-20(22)39-27(12)14/h5-7,9,19-22,24-26,28,30,32-34H,8,10-11H2,1-4H3/t19-,20-,21-,22+,24-,25+,26-,28+/m1/s1. The third kappa shape index (κ3) is 4.49. The smallest absolute Gasteiger partial charge is 0.187 e. The SMILES string of the molecule is COc1cc2c(cc1OC)[C@@H]1C(=O)c3ccc4c(c3O[C@@H]1CO2)C[C@H](C(C)(C)O[C@@H]1O[C@H](CO)[C@@H](O)[C@H](O)[C@H]1O)O4. The van der Waals surface area contributed by atoms with E-state index < -0.39 is 61.0 Å². The van der Waals surface area contributed by atoms with Crippen molar-refractivity contribution in [2.45, 2.75) is 74.7 Å². The summed E-state index contributed by atoms with van der Waals surface area (Å²) in [6, 6.07) is 6.89. The topological polar surface area (TPSA) is 163 Å². The van der Waals surface area contributed by atoms with Gasteiger partial charge in [-0.15, -0.1) is 0 Å². The highest BCUT2D eigenvalue weighted by atomic mass is 16.7.